The molecule has 0 amide bonds. The maximum absolute atomic E-state index is 4.86. The molecule has 2 aliphatic heterocycles. The van der Waals surface area contributed by atoms with E-state index in [-0.39, 0.29) is 0 Å². The molecule has 21 heavy (non-hydrogen) atoms. The van der Waals surface area contributed by atoms with Gasteiger partial charge in [0.15, 0.2) is 0 Å². The lowest BCUT2D eigenvalue weighted by Gasteiger charge is -2.27. The van der Waals surface area contributed by atoms with Crippen LogP contribution in [0.4, 0.5) is 5.82 Å². The summed E-state index contributed by atoms with van der Waals surface area (Å²) in [5.41, 5.74) is 1.14. The Kier molecular flexibility index (Phi) is 4.45. The second-order valence-corrected chi connectivity index (χ2v) is 6.81. The average Bonchev–Trinajstić information content (AvgIpc) is 2.70. The quantitative estimate of drug-likeness (QED) is 0.921. The fraction of sp³-hybridized carbons (Fsp3) is 0.706. The van der Waals surface area contributed by atoms with Gasteiger partial charge in [-0.25, -0.2) is 4.98 Å². The number of hydrogen-bond acceptors (Lipinski definition) is 4. The van der Waals surface area contributed by atoms with Crippen LogP contribution in [-0.2, 0) is 6.54 Å². The monoisotopic (exact) mass is 288 g/mol. The zero-order chi connectivity index (χ0) is 14.8. The van der Waals surface area contributed by atoms with Gasteiger partial charge in [-0.3, -0.25) is 4.90 Å². The Morgan fingerprint density at radius 2 is 2.05 bits per heavy atom. The van der Waals surface area contributed by atoms with Crippen LogP contribution in [0.1, 0.15) is 38.8 Å². The van der Waals surface area contributed by atoms with E-state index in [0.29, 0.717) is 12.1 Å². The molecule has 1 aromatic rings. The second-order valence-electron chi connectivity index (χ2n) is 6.81. The molecule has 3 heterocycles. The Balaban J connectivity index is 1.70. The molecular weight excluding hydrogens is 260 g/mol. The molecule has 0 aromatic carbocycles. The van der Waals surface area contributed by atoms with Crippen LogP contribution in [-0.4, -0.2) is 48.1 Å². The number of nitrogens with one attached hydrogen (secondary N) is 1. The van der Waals surface area contributed by atoms with Crippen molar-refractivity contribution >= 4 is 5.82 Å². The topological polar surface area (TPSA) is 31.4 Å². The fourth-order valence-electron chi connectivity index (χ4n) is 3.57. The first-order valence-electron chi connectivity index (χ1n) is 8.29. The molecule has 2 unspecified atom stereocenters. The van der Waals surface area contributed by atoms with Crippen molar-refractivity contribution in [2.24, 2.45) is 0 Å². The summed E-state index contributed by atoms with van der Waals surface area (Å²) in [7, 11) is 2.29. The number of aromatic nitrogens is 1. The highest BCUT2D eigenvalue weighted by Crippen LogP contribution is 2.30. The first-order valence-corrected chi connectivity index (χ1v) is 8.29. The molecule has 0 saturated carbocycles. The molecule has 1 aromatic heterocycles. The first kappa shape index (κ1) is 14.8. The van der Waals surface area contributed by atoms with Crippen molar-refractivity contribution in [2.75, 3.05) is 25.0 Å². The average molecular weight is 288 g/mol. The molecule has 0 spiro atoms. The van der Waals surface area contributed by atoms with Crippen molar-refractivity contribution in [2.45, 2.75) is 57.8 Å². The molecule has 2 fully saturated rings. The smallest absolute Gasteiger partial charge is 0.128 e. The van der Waals surface area contributed by atoms with Crippen molar-refractivity contribution < 1.29 is 0 Å². The van der Waals surface area contributed by atoms with E-state index in [2.05, 4.69) is 54.2 Å². The van der Waals surface area contributed by atoms with Gasteiger partial charge in [0, 0.05) is 37.8 Å². The fourth-order valence-corrected chi connectivity index (χ4v) is 3.57. The Bertz CT molecular complexity index is 474. The van der Waals surface area contributed by atoms with Crippen molar-refractivity contribution in [3.63, 3.8) is 0 Å². The van der Waals surface area contributed by atoms with Crippen LogP contribution in [0.25, 0.3) is 0 Å². The molecule has 2 atom stereocenters. The molecule has 0 radical (unpaired) electrons. The highest BCUT2D eigenvalue weighted by Gasteiger charge is 2.34. The third kappa shape index (κ3) is 3.38. The lowest BCUT2D eigenvalue weighted by atomic mass is 10.1. The number of nitrogens with zero attached hydrogens (tertiary/aromatic N) is 3. The van der Waals surface area contributed by atoms with Gasteiger partial charge < -0.3 is 10.2 Å². The van der Waals surface area contributed by atoms with Crippen LogP contribution in [0.5, 0.6) is 0 Å². The number of anilines is 1. The van der Waals surface area contributed by atoms with Gasteiger partial charge in [-0.2, -0.15) is 0 Å². The Morgan fingerprint density at radius 1 is 1.24 bits per heavy atom. The van der Waals surface area contributed by atoms with E-state index < -0.39 is 0 Å². The predicted octanol–water partition coefficient (Wildman–Crippen LogP) is 2.25. The van der Waals surface area contributed by atoms with Gasteiger partial charge >= 0.3 is 0 Å². The zero-order valence-corrected chi connectivity index (χ0v) is 13.5. The van der Waals surface area contributed by atoms with Crippen LogP contribution in [0, 0.1) is 0 Å². The Hall–Kier alpha value is -1.13. The minimum atomic E-state index is 0.498. The lowest BCUT2D eigenvalue weighted by molar-refractivity contribution is 0.254. The molecular formula is C17H28N4. The molecule has 116 valence electrons. The number of fused-ring (bicyclic) bond motifs is 2. The number of likely N-dealkylation sites (N-methyl/N-ethyl adjacent to an activating group) is 1. The molecule has 3 rings (SSSR count). The van der Waals surface area contributed by atoms with Crippen LogP contribution < -0.4 is 10.2 Å². The molecule has 2 aliphatic rings. The van der Waals surface area contributed by atoms with E-state index in [1.54, 1.807) is 0 Å². The van der Waals surface area contributed by atoms with Gasteiger partial charge in [-0.05, 0) is 38.4 Å². The predicted molar refractivity (Wildman–Crippen MR) is 87.6 cm³/mol. The summed E-state index contributed by atoms with van der Waals surface area (Å²) in [6.45, 7) is 7.46. The van der Waals surface area contributed by atoms with Crippen LogP contribution in [0.3, 0.4) is 0 Å². The van der Waals surface area contributed by atoms with E-state index in [1.165, 1.54) is 19.3 Å². The van der Waals surface area contributed by atoms with Gasteiger partial charge in [0.25, 0.3) is 0 Å². The van der Waals surface area contributed by atoms with Crippen molar-refractivity contribution in [1.29, 1.82) is 0 Å². The zero-order valence-electron chi connectivity index (χ0n) is 13.5. The number of pyridine rings is 1. The molecule has 0 aliphatic carbocycles. The van der Waals surface area contributed by atoms with Gasteiger partial charge in [-0.1, -0.05) is 19.9 Å². The van der Waals surface area contributed by atoms with Crippen LogP contribution in [0.15, 0.2) is 18.2 Å². The second kappa shape index (κ2) is 6.32. The Morgan fingerprint density at radius 3 is 2.86 bits per heavy atom. The molecule has 2 bridgehead atoms. The first-order chi connectivity index (χ1) is 10.1. The highest BCUT2D eigenvalue weighted by atomic mass is 15.3. The Labute approximate surface area is 128 Å². The van der Waals surface area contributed by atoms with Gasteiger partial charge in [0.05, 0.1) is 5.69 Å². The summed E-state index contributed by atoms with van der Waals surface area (Å²) >= 11 is 0. The van der Waals surface area contributed by atoms with Gasteiger partial charge in [0.1, 0.15) is 5.82 Å². The maximum atomic E-state index is 4.86. The van der Waals surface area contributed by atoms with E-state index in [0.717, 1.165) is 37.2 Å². The van der Waals surface area contributed by atoms with Crippen molar-refractivity contribution in [3.8, 4) is 0 Å². The number of rotatable bonds is 4. The van der Waals surface area contributed by atoms with Crippen molar-refractivity contribution in [1.82, 2.24) is 15.2 Å². The third-order valence-corrected chi connectivity index (χ3v) is 4.96. The summed E-state index contributed by atoms with van der Waals surface area (Å²) in [6.07, 6.45) is 3.98. The molecule has 4 heteroatoms. The standard InChI is InChI=1S/C17H28N4/c1-13(2)18-11-14-5-4-6-17(19-14)21-10-9-15-7-8-16(12-21)20(15)3/h4-6,13,15-16,18H,7-12H2,1-3H3. The molecule has 1 N–H and O–H groups in total. The normalized spacial score (nSPS) is 26.4. The summed E-state index contributed by atoms with van der Waals surface area (Å²) in [6, 6.07) is 8.42. The maximum Gasteiger partial charge on any atom is 0.128 e. The largest absolute Gasteiger partial charge is 0.355 e. The van der Waals surface area contributed by atoms with Gasteiger partial charge in [-0.15, -0.1) is 0 Å². The highest BCUT2D eigenvalue weighted by molar-refractivity contribution is 5.40. The summed E-state index contributed by atoms with van der Waals surface area (Å²) in [4.78, 5) is 9.94. The van der Waals surface area contributed by atoms with E-state index in [1.807, 2.05) is 0 Å². The summed E-state index contributed by atoms with van der Waals surface area (Å²) in [5, 5.41) is 3.45. The minimum absolute atomic E-state index is 0.498. The summed E-state index contributed by atoms with van der Waals surface area (Å²) in [5.74, 6) is 1.15. The van der Waals surface area contributed by atoms with E-state index in [9.17, 15) is 0 Å². The number of hydrogen-bond donors (Lipinski definition) is 1. The SMILES string of the molecule is CC(C)NCc1cccc(N2CCC3CCC(C2)N3C)n1. The molecule has 4 nitrogen and oxygen atoms in total. The van der Waals surface area contributed by atoms with E-state index in [4.69, 9.17) is 4.98 Å². The van der Waals surface area contributed by atoms with E-state index >= 15 is 0 Å². The van der Waals surface area contributed by atoms with Crippen LogP contribution in [0.2, 0.25) is 0 Å². The van der Waals surface area contributed by atoms with Gasteiger partial charge in [0.2, 0.25) is 0 Å². The van der Waals surface area contributed by atoms with Crippen molar-refractivity contribution in [3.05, 3.63) is 23.9 Å². The third-order valence-electron chi connectivity index (χ3n) is 4.96. The summed E-state index contributed by atoms with van der Waals surface area (Å²) < 4.78 is 0. The minimum Gasteiger partial charge on any atom is -0.355 e. The van der Waals surface area contributed by atoms with Crippen LogP contribution >= 0.6 is 0 Å². The molecule has 2 saturated heterocycles. The lowest BCUT2D eigenvalue weighted by Crippen LogP contribution is -2.37.